The fourth-order valence-corrected chi connectivity index (χ4v) is 4.80. The molecule has 0 aromatic carbocycles. The number of phosphoric acid groups is 1. The topological polar surface area (TPSA) is 302 Å². The Balaban J connectivity index is 2.48. The van der Waals surface area contributed by atoms with Gasteiger partial charge in [0.2, 0.25) is 5.91 Å². The van der Waals surface area contributed by atoms with Crippen LogP contribution in [0.1, 0.15) is 13.3 Å². The van der Waals surface area contributed by atoms with E-state index in [-0.39, 0.29) is 0 Å². The summed E-state index contributed by atoms with van der Waals surface area (Å²) in [5.41, 5.74) is 0. The number of carbonyl (C=O) groups is 2. The number of ether oxygens (including phenoxy) is 3. The van der Waals surface area contributed by atoms with Crippen molar-refractivity contribution in [2.75, 3.05) is 13.7 Å². The van der Waals surface area contributed by atoms with Crippen LogP contribution in [0.15, 0.2) is 0 Å². The van der Waals surface area contributed by atoms with Crippen LogP contribution in [0.5, 0.6) is 0 Å². The predicted octanol–water partition coefficient (Wildman–Crippen LogP) is -5.89. The van der Waals surface area contributed by atoms with Crippen LogP contribution >= 0.6 is 7.82 Å². The Labute approximate surface area is 209 Å². The van der Waals surface area contributed by atoms with Gasteiger partial charge in [-0.3, -0.25) is 9.32 Å². The molecule has 0 spiro atoms. The van der Waals surface area contributed by atoms with Gasteiger partial charge in [-0.05, 0) is 0 Å². The Morgan fingerprint density at radius 2 is 1.62 bits per heavy atom. The lowest BCUT2D eigenvalue weighted by atomic mass is 9.84. The van der Waals surface area contributed by atoms with E-state index in [1.54, 1.807) is 0 Å². The van der Waals surface area contributed by atoms with Crippen molar-refractivity contribution in [2.45, 2.75) is 86.2 Å². The van der Waals surface area contributed by atoms with Crippen LogP contribution in [0.4, 0.5) is 0 Å². The summed E-state index contributed by atoms with van der Waals surface area (Å²) in [5.74, 6) is -5.78. The molecule has 1 amide bonds. The van der Waals surface area contributed by atoms with E-state index in [0.29, 0.717) is 0 Å². The van der Waals surface area contributed by atoms with Crippen molar-refractivity contribution in [1.29, 1.82) is 0 Å². The second-order valence-corrected chi connectivity index (χ2v) is 9.95. The summed E-state index contributed by atoms with van der Waals surface area (Å²) in [6.07, 6.45) is -22.3. The first-order valence-electron chi connectivity index (χ1n) is 10.8. The quantitative estimate of drug-likeness (QED) is 0.110. The monoisotopic (exact) mass is 565 g/mol. The number of amides is 1. The smallest absolute Gasteiger partial charge is 0.470 e. The van der Waals surface area contributed by atoms with Crippen molar-refractivity contribution in [3.05, 3.63) is 0 Å². The molecule has 2 fully saturated rings. The van der Waals surface area contributed by atoms with Crippen LogP contribution in [0.3, 0.4) is 0 Å². The molecule has 11 N–H and O–H groups in total. The zero-order valence-electron chi connectivity index (χ0n) is 19.5. The number of nitrogens with one attached hydrogen (secondary N) is 1. The highest BCUT2D eigenvalue weighted by molar-refractivity contribution is 7.46. The molecule has 37 heavy (non-hydrogen) atoms. The van der Waals surface area contributed by atoms with Gasteiger partial charge in [0, 0.05) is 20.5 Å². The van der Waals surface area contributed by atoms with Crippen LogP contribution in [0.2, 0.25) is 0 Å². The van der Waals surface area contributed by atoms with E-state index in [2.05, 4.69) is 9.84 Å². The molecule has 2 rings (SSSR count). The number of carboxylic acids is 1. The summed E-state index contributed by atoms with van der Waals surface area (Å²) in [5, 5.41) is 84.7. The molecule has 0 aromatic rings. The zero-order chi connectivity index (χ0) is 28.5. The average molecular weight is 565 g/mol. The third-order valence-corrected chi connectivity index (χ3v) is 6.49. The second kappa shape index (κ2) is 12.2. The van der Waals surface area contributed by atoms with Crippen molar-refractivity contribution in [2.24, 2.45) is 0 Å². The molecule has 1 saturated carbocycles. The van der Waals surface area contributed by atoms with Crippen molar-refractivity contribution in [1.82, 2.24) is 5.32 Å². The maximum absolute atomic E-state index is 12.3. The predicted molar refractivity (Wildman–Crippen MR) is 113 cm³/mol. The summed E-state index contributed by atoms with van der Waals surface area (Å²) < 4.78 is 31.0. The second-order valence-electron chi connectivity index (χ2n) is 8.76. The number of carboxylic acid groups (broad SMARTS) is 1. The molecular weight excluding hydrogens is 533 g/mol. The molecule has 1 saturated heterocycles. The molecule has 12 atom stereocenters. The van der Waals surface area contributed by atoms with Gasteiger partial charge in [-0.1, -0.05) is 0 Å². The summed E-state index contributed by atoms with van der Waals surface area (Å²) in [6, 6.07) is -1.51. The molecule has 0 aromatic heterocycles. The van der Waals surface area contributed by atoms with Gasteiger partial charge in [0.15, 0.2) is 0 Å². The van der Waals surface area contributed by atoms with Crippen molar-refractivity contribution < 1.29 is 83.5 Å². The minimum absolute atomic E-state index is 0.490. The molecule has 18 nitrogen and oxygen atoms in total. The first-order chi connectivity index (χ1) is 17.0. The molecule has 0 radical (unpaired) electrons. The van der Waals surface area contributed by atoms with E-state index in [1.165, 1.54) is 7.11 Å². The summed E-state index contributed by atoms with van der Waals surface area (Å²) >= 11 is 0. The van der Waals surface area contributed by atoms with E-state index in [1.807, 2.05) is 0 Å². The fraction of sp³-hybridized carbons (Fsp3) is 0.889. The standard InChI is InChI=1S/C18H32NO17P/c1-5(20)19-8-6(21)3-18(17(28)29,34-14(8)9(23)7(22)4-33-2)35-15-11(25)10(24)12(26)16(13(15)27)36-37(30,31)32/h6-16,21-27H,3-4H2,1-2H3,(H,19,20)(H,28,29)(H2,30,31,32)/t6-,7+,8+,9+,10-,11-,12+,13+,14+,15+,16-,18-/m0/s1. The number of hydrogen-bond donors (Lipinski definition) is 11. The summed E-state index contributed by atoms with van der Waals surface area (Å²) in [6.45, 7) is 0.552. The van der Waals surface area contributed by atoms with Gasteiger partial charge in [0.1, 0.15) is 54.9 Å². The molecule has 0 bridgehead atoms. The minimum atomic E-state index is -5.40. The van der Waals surface area contributed by atoms with Crippen LogP contribution in [0.25, 0.3) is 0 Å². The Hall–Kier alpha value is -1.35. The number of aliphatic hydroxyl groups is 7. The molecular formula is C18H32NO17P. The van der Waals surface area contributed by atoms with Gasteiger partial charge < -0.3 is 70.2 Å². The number of carbonyl (C=O) groups excluding carboxylic acids is 1. The van der Waals surface area contributed by atoms with E-state index in [0.717, 1.165) is 6.92 Å². The molecule has 19 heteroatoms. The number of phosphoric ester groups is 1. The van der Waals surface area contributed by atoms with Crippen molar-refractivity contribution >= 4 is 19.7 Å². The van der Waals surface area contributed by atoms with Crippen LogP contribution < -0.4 is 5.32 Å². The van der Waals surface area contributed by atoms with Crippen molar-refractivity contribution in [3.8, 4) is 0 Å². The van der Waals surface area contributed by atoms with Gasteiger partial charge in [0.05, 0.1) is 18.8 Å². The number of hydrogen-bond acceptors (Lipinski definition) is 14. The SMILES string of the molecule is COC[C@@H](O)[C@@H](O)[C@@H]1O[C@@](O[C@H]2[C@@H](O)[C@@H](OP(=O)(O)O)[C@H](O)[C@@H](O)[C@@H]2O)(C(=O)O)C[C@H](O)[C@H]1NC(C)=O. The Morgan fingerprint density at radius 3 is 2.11 bits per heavy atom. The van der Waals surface area contributed by atoms with E-state index in [9.17, 15) is 55.0 Å². The van der Waals surface area contributed by atoms with E-state index in [4.69, 9.17) is 24.0 Å². The largest absolute Gasteiger partial charge is 0.477 e. The van der Waals surface area contributed by atoms with Gasteiger partial charge in [0.25, 0.3) is 5.79 Å². The third kappa shape index (κ3) is 7.20. The van der Waals surface area contributed by atoms with Crippen LogP contribution in [0, 0.1) is 0 Å². The fourth-order valence-electron chi connectivity index (χ4n) is 4.23. The molecule has 1 aliphatic carbocycles. The lowest BCUT2D eigenvalue weighted by Crippen LogP contribution is -2.71. The number of aliphatic carboxylic acids is 1. The lowest BCUT2D eigenvalue weighted by molar-refractivity contribution is -0.350. The van der Waals surface area contributed by atoms with E-state index >= 15 is 0 Å². The molecule has 1 heterocycles. The molecule has 1 aliphatic heterocycles. The normalized spacial score (nSPS) is 40.6. The summed E-state index contributed by atoms with van der Waals surface area (Å²) in [4.78, 5) is 42.1. The first kappa shape index (κ1) is 31.9. The highest BCUT2D eigenvalue weighted by Crippen LogP contribution is 2.43. The minimum Gasteiger partial charge on any atom is -0.477 e. The van der Waals surface area contributed by atoms with Crippen LogP contribution in [-0.2, 0) is 32.9 Å². The lowest BCUT2D eigenvalue weighted by Gasteiger charge is -2.50. The number of methoxy groups -OCH3 is 1. The Morgan fingerprint density at radius 1 is 1.05 bits per heavy atom. The number of aliphatic hydroxyl groups excluding tert-OH is 7. The first-order valence-corrected chi connectivity index (χ1v) is 12.3. The Kier molecular flexibility index (Phi) is 10.5. The third-order valence-electron chi connectivity index (χ3n) is 5.97. The average Bonchev–Trinajstić information content (AvgIpc) is 2.78. The van der Waals surface area contributed by atoms with Crippen molar-refractivity contribution in [3.63, 3.8) is 0 Å². The number of rotatable bonds is 10. The zero-order valence-corrected chi connectivity index (χ0v) is 20.4. The highest BCUT2D eigenvalue weighted by atomic mass is 31.2. The van der Waals surface area contributed by atoms with Gasteiger partial charge in [-0.25, -0.2) is 9.36 Å². The Bertz CT molecular complexity index is 856. The van der Waals surface area contributed by atoms with Gasteiger partial charge in [-0.2, -0.15) is 0 Å². The van der Waals surface area contributed by atoms with Gasteiger partial charge in [-0.15, -0.1) is 0 Å². The molecule has 216 valence electrons. The molecule has 2 aliphatic rings. The maximum Gasteiger partial charge on any atom is 0.470 e. The summed E-state index contributed by atoms with van der Waals surface area (Å²) in [7, 11) is -4.23. The maximum atomic E-state index is 12.3. The molecule has 0 unspecified atom stereocenters. The highest BCUT2D eigenvalue weighted by Gasteiger charge is 2.60. The van der Waals surface area contributed by atoms with Crippen LogP contribution in [-0.4, -0.2) is 149 Å². The van der Waals surface area contributed by atoms with Gasteiger partial charge >= 0.3 is 13.8 Å². The van der Waals surface area contributed by atoms with E-state index < -0.39 is 106 Å².